The van der Waals surface area contributed by atoms with Crippen molar-refractivity contribution in [2.75, 3.05) is 57.8 Å². The molecule has 2 aliphatic rings. The van der Waals surface area contributed by atoms with E-state index in [0.717, 1.165) is 12.1 Å². The SMILES string of the molecule is CC(C)(C)c1ccc(NC(=O)N2CCCN(C(=O)N3CCOCC3)CC2)cc1. The monoisotopic (exact) mass is 388 g/mol. The second-order valence-electron chi connectivity index (χ2n) is 8.47. The van der Waals surface area contributed by atoms with Crippen LogP contribution < -0.4 is 5.32 Å². The van der Waals surface area contributed by atoms with Crippen molar-refractivity contribution in [3.05, 3.63) is 29.8 Å². The zero-order chi connectivity index (χ0) is 20.1. The number of anilines is 1. The van der Waals surface area contributed by atoms with Gasteiger partial charge in [0.1, 0.15) is 0 Å². The molecule has 0 aromatic heterocycles. The quantitative estimate of drug-likeness (QED) is 0.804. The molecule has 4 amide bonds. The number of nitrogens with zero attached hydrogens (tertiary/aromatic N) is 3. The molecular formula is C21H32N4O3. The van der Waals surface area contributed by atoms with E-state index in [0.29, 0.717) is 52.5 Å². The van der Waals surface area contributed by atoms with Gasteiger partial charge in [0.2, 0.25) is 0 Å². The van der Waals surface area contributed by atoms with Gasteiger partial charge >= 0.3 is 12.1 Å². The minimum absolute atomic E-state index is 0.0586. The fourth-order valence-electron chi connectivity index (χ4n) is 3.52. The average molecular weight is 389 g/mol. The van der Waals surface area contributed by atoms with Gasteiger partial charge in [-0.15, -0.1) is 0 Å². The Bertz CT molecular complexity index is 678. The summed E-state index contributed by atoms with van der Waals surface area (Å²) in [6.07, 6.45) is 0.784. The highest BCUT2D eigenvalue weighted by Gasteiger charge is 2.26. The van der Waals surface area contributed by atoms with Gasteiger partial charge in [0.15, 0.2) is 0 Å². The van der Waals surface area contributed by atoms with Crippen LogP contribution in [0.15, 0.2) is 24.3 Å². The number of urea groups is 2. The van der Waals surface area contributed by atoms with Crippen molar-refractivity contribution in [3.8, 4) is 0 Å². The van der Waals surface area contributed by atoms with Crippen LogP contribution in [0.4, 0.5) is 15.3 Å². The lowest BCUT2D eigenvalue weighted by atomic mass is 9.87. The number of rotatable bonds is 1. The number of ether oxygens (including phenoxy) is 1. The van der Waals surface area contributed by atoms with E-state index in [2.05, 4.69) is 38.2 Å². The largest absolute Gasteiger partial charge is 0.378 e. The van der Waals surface area contributed by atoms with Gasteiger partial charge in [-0.1, -0.05) is 32.9 Å². The highest BCUT2D eigenvalue weighted by atomic mass is 16.5. The second kappa shape index (κ2) is 8.82. The predicted molar refractivity (Wildman–Crippen MR) is 110 cm³/mol. The lowest BCUT2D eigenvalue weighted by Gasteiger charge is -2.32. The minimum Gasteiger partial charge on any atom is -0.378 e. The summed E-state index contributed by atoms with van der Waals surface area (Å²) in [4.78, 5) is 30.8. The number of benzene rings is 1. The van der Waals surface area contributed by atoms with Crippen molar-refractivity contribution in [2.45, 2.75) is 32.6 Å². The fraction of sp³-hybridized carbons (Fsp3) is 0.619. The maximum Gasteiger partial charge on any atom is 0.321 e. The van der Waals surface area contributed by atoms with Gasteiger partial charge in [-0.3, -0.25) is 0 Å². The molecule has 2 fully saturated rings. The van der Waals surface area contributed by atoms with Crippen LogP contribution in [0.25, 0.3) is 0 Å². The summed E-state index contributed by atoms with van der Waals surface area (Å²) in [7, 11) is 0. The molecule has 0 bridgehead atoms. The summed E-state index contributed by atoms with van der Waals surface area (Å²) in [5, 5.41) is 2.98. The zero-order valence-electron chi connectivity index (χ0n) is 17.2. The van der Waals surface area contributed by atoms with Crippen LogP contribution in [-0.4, -0.2) is 79.2 Å². The van der Waals surface area contributed by atoms with Crippen molar-refractivity contribution in [2.24, 2.45) is 0 Å². The van der Waals surface area contributed by atoms with Crippen LogP contribution in [0.5, 0.6) is 0 Å². The second-order valence-corrected chi connectivity index (χ2v) is 8.47. The number of morpholine rings is 1. The van der Waals surface area contributed by atoms with Crippen molar-refractivity contribution in [1.29, 1.82) is 0 Å². The summed E-state index contributed by atoms with van der Waals surface area (Å²) in [5.74, 6) is 0. The molecule has 1 aromatic rings. The van der Waals surface area contributed by atoms with E-state index in [1.54, 1.807) is 4.90 Å². The molecule has 2 aliphatic heterocycles. The maximum absolute atomic E-state index is 12.7. The number of hydrogen-bond acceptors (Lipinski definition) is 3. The van der Waals surface area contributed by atoms with E-state index in [9.17, 15) is 9.59 Å². The Kier molecular flexibility index (Phi) is 6.44. The molecule has 7 nitrogen and oxygen atoms in total. The van der Waals surface area contributed by atoms with Crippen LogP contribution in [0.1, 0.15) is 32.8 Å². The van der Waals surface area contributed by atoms with Crippen molar-refractivity contribution < 1.29 is 14.3 Å². The van der Waals surface area contributed by atoms with Gasteiger partial charge < -0.3 is 24.8 Å². The highest BCUT2D eigenvalue weighted by molar-refractivity contribution is 5.89. The number of nitrogens with one attached hydrogen (secondary N) is 1. The number of hydrogen-bond donors (Lipinski definition) is 1. The van der Waals surface area contributed by atoms with E-state index in [1.165, 1.54) is 5.56 Å². The number of carbonyl (C=O) groups is 2. The number of carbonyl (C=O) groups excluding carboxylic acids is 2. The molecule has 154 valence electrons. The Hall–Kier alpha value is -2.28. The molecule has 0 aliphatic carbocycles. The Morgan fingerprint density at radius 2 is 1.43 bits per heavy atom. The van der Waals surface area contributed by atoms with Gasteiger partial charge in [0.25, 0.3) is 0 Å². The molecule has 2 heterocycles. The lowest BCUT2D eigenvalue weighted by Crippen LogP contribution is -2.49. The van der Waals surface area contributed by atoms with E-state index in [1.807, 2.05) is 21.9 Å². The Morgan fingerprint density at radius 3 is 2.07 bits per heavy atom. The van der Waals surface area contributed by atoms with Crippen LogP contribution in [0.2, 0.25) is 0 Å². The van der Waals surface area contributed by atoms with Gasteiger partial charge in [-0.2, -0.15) is 0 Å². The molecular weight excluding hydrogens is 356 g/mol. The normalized spacial score (nSPS) is 18.6. The lowest BCUT2D eigenvalue weighted by molar-refractivity contribution is 0.0437. The Morgan fingerprint density at radius 1 is 0.857 bits per heavy atom. The third kappa shape index (κ3) is 5.16. The summed E-state index contributed by atoms with van der Waals surface area (Å²) in [6, 6.07) is 7.96. The maximum atomic E-state index is 12.7. The summed E-state index contributed by atoms with van der Waals surface area (Å²) in [5.41, 5.74) is 2.12. The van der Waals surface area contributed by atoms with Crippen LogP contribution in [0.3, 0.4) is 0 Å². The first kappa shape index (κ1) is 20.5. The third-order valence-corrected chi connectivity index (χ3v) is 5.34. The van der Waals surface area contributed by atoms with Gasteiger partial charge in [0, 0.05) is 45.0 Å². The van der Waals surface area contributed by atoms with E-state index < -0.39 is 0 Å². The summed E-state index contributed by atoms with van der Waals surface area (Å²) < 4.78 is 5.32. The summed E-state index contributed by atoms with van der Waals surface area (Å²) in [6.45, 7) is 11.4. The standard InChI is InChI=1S/C21H32N4O3/c1-21(2,3)17-5-7-18(8-6-17)22-19(26)23-9-4-10-24(12-11-23)20(27)25-13-15-28-16-14-25/h5-8H,4,9-16H2,1-3H3,(H,22,26). The van der Waals surface area contributed by atoms with E-state index in [4.69, 9.17) is 4.74 Å². The molecule has 0 radical (unpaired) electrons. The van der Waals surface area contributed by atoms with E-state index in [-0.39, 0.29) is 17.5 Å². The van der Waals surface area contributed by atoms with Crippen LogP contribution in [0, 0.1) is 0 Å². The zero-order valence-corrected chi connectivity index (χ0v) is 17.2. The number of amides is 4. The minimum atomic E-state index is -0.107. The molecule has 1 N–H and O–H groups in total. The Balaban J connectivity index is 1.53. The first-order valence-corrected chi connectivity index (χ1v) is 10.1. The first-order valence-electron chi connectivity index (χ1n) is 10.1. The topological polar surface area (TPSA) is 65.1 Å². The Labute approximate surface area is 167 Å². The molecule has 0 unspecified atom stereocenters. The smallest absolute Gasteiger partial charge is 0.321 e. The van der Waals surface area contributed by atoms with Gasteiger partial charge in [0.05, 0.1) is 13.2 Å². The molecule has 0 saturated carbocycles. The van der Waals surface area contributed by atoms with Gasteiger partial charge in [-0.05, 0) is 29.5 Å². The van der Waals surface area contributed by atoms with E-state index >= 15 is 0 Å². The fourth-order valence-corrected chi connectivity index (χ4v) is 3.52. The summed E-state index contributed by atoms with van der Waals surface area (Å²) >= 11 is 0. The molecule has 7 heteroatoms. The molecule has 3 rings (SSSR count). The highest BCUT2D eigenvalue weighted by Crippen LogP contribution is 2.23. The molecule has 0 atom stereocenters. The molecule has 28 heavy (non-hydrogen) atoms. The molecule has 0 spiro atoms. The molecule has 2 saturated heterocycles. The van der Waals surface area contributed by atoms with Crippen molar-refractivity contribution in [1.82, 2.24) is 14.7 Å². The first-order chi connectivity index (χ1) is 13.3. The van der Waals surface area contributed by atoms with Crippen LogP contribution >= 0.6 is 0 Å². The van der Waals surface area contributed by atoms with Crippen molar-refractivity contribution >= 4 is 17.7 Å². The van der Waals surface area contributed by atoms with Gasteiger partial charge in [-0.25, -0.2) is 9.59 Å². The average Bonchev–Trinajstić information content (AvgIpc) is 2.94. The predicted octanol–water partition coefficient (Wildman–Crippen LogP) is 2.98. The van der Waals surface area contributed by atoms with Crippen LogP contribution in [-0.2, 0) is 10.2 Å². The molecule has 1 aromatic carbocycles. The third-order valence-electron chi connectivity index (χ3n) is 5.34. The van der Waals surface area contributed by atoms with Crippen molar-refractivity contribution in [3.63, 3.8) is 0 Å².